The molecule has 0 aliphatic rings. The van der Waals surface area contributed by atoms with Gasteiger partial charge in [0.05, 0.1) is 15.6 Å². The number of aryl methyl sites for hydroxylation is 1. The molecule has 0 saturated heterocycles. The van der Waals surface area contributed by atoms with Crippen LogP contribution in [0.4, 0.5) is 0 Å². The lowest BCUT2D eigenvalue weighted by molar-refractivity contribution is 0.460. The highest BCUT2D eigenvalue weighted by Gasteiger charge is 2.06. The molecule has 0 amide bonds. The van der Waals surface area contributed by atoms with Crippen LogP contribution >= 0.6 is 22.6 Å². The molecule has 0 unspecified atom stereocenters. The van der Waals surface area contributed by atoms with Crippen molar-refractivity contribution in [3.63, 3.8) is 0 Å². The van der Waals surface area contributed by atoms with Crippen molar-refractivity contribution in [1.29, 1.82) is 0 Å². The van der Waals surface area contributed by atoms with E-state index in [0.29, 0.717) is 16.2 Å². The maximum Gasteiger partial charge on any atom is 0.267 e. The maximum absolute atomic E-state index is 11.9. The summed E-state index contributed by atoms with van der Waals surface area (Å²) < 4.78 is 2.39. The lowest BCUT2D eigenvalue weighted by Crippen LogP contribution is -2.34. The van der Waals surface area contributed by atoms with Gasteiger partial charge in [-0.05, 0) is 42.4 Å². The first kappa shape index (κ1) is 14.6. The molecular weight excluding hydrogens is 329 g/mol. The molecule has 0 fully saturated rings. The van der Waals surface area contributed by atoms with E-state index in [-0.39, 0.29) is 5.56 Å². The highest BCUT2D eigenvalue weighted by Crippen LogP contribution is 2.01. The molecule has 0 aliphatic carbocycles. The number of halogens is 1. The second-order valence-corrected chi connectivity index (χ2v) is 5.19. The van der Waals surface area contributed by atoms with Gasteiger partial charge in [-0.1, -0.05) is 13.8 Å². The molecule has 1 aromatic rings. The standard InChI is InChI=1S/C12H20IN3O/c1-4-10(5-2)14-6-7-16-8-15-9(3)11(13)12(16)17/h8,10,14H,4-7H2,1-3H3. The third kappa shape index (κ3) is 4.06. The molecule has 17 heavy (non-hydrogen) atoms. The molecule has 5 heteroatoms. The van der Waals surface area contributed by atoms with Crippen molar-refractivity contribution >= 4 is 22.6 Å². The van der Waals surface area contributed by atoms with Gasteiger partial charge in [0.1, 0.15) is 0 Å². The lowest BCUT2D eigenvalue weighted by Gasteiger charge is -2.15. The van der Waals surface area contributed by atoms with Crippen LogP contribution in [0.25, 0.3) is 0 Å². The Labute approximate surface area is 116 Å². The van der Waals surface area contributed by atoms with Crippen molar-refractivity contribution in [3.8, 4) is 0 Å². The van der Waals surface area contributed by atoms with Gasteiger partial charge in [0.15, 0.2) is 0 Å². The Morgan fingerprint density at radius 2 is 2.12 bits per heavy atom. The Kier molecular flexibility index (Phi) is 6.11. The van der Waals surface area contributed by atoms with Gasteiger partial charge in [-0.2, -0.15) is 0 Å². The Bertz CT molecular complexity index is 413. The van der Waals surface area contributed by atoms with Gasteiger partial charge in [0.2, 0.25) is 0 Å². The zero-order valence-corrected chi connectivity index (χ0v) is 12.8. The van der Waals surface area contributed by atoms with Crippen molar-refractivity contribution in [3.05, 3.63) is 25.9 Å². The van der Waals surface area contributed by atoms with Gasteiger partial charge in [-0.15, -0.1) is 0 Å². The molecule has 0 radical (unpaired) electrons. The zero-order chi connectivity index (χ0) is 12.8. The molecule has 0 spiro atoms. The predicted molar refractivity (Wildman–Crippen MR) is 78.3 cm³/mol. The van der Waals surface area contributed by atoms with Crippen LogP contribution in [0.2, 0.25) is 0 Å². The summed E-state index contributed by atoms with van der Waals surface area (Å²) in [6.07, 6.45) is 3.87. The molecule has 0 bridgehead atoms. The Hall–Kier alpha value is -0.430. The van der Waals surface area contributed by atoms with Crippen LogP contribution in [0.5, 0.6) is 0 Å². The number of hydrogen-bond donors (Lipinski definition) is 1. The Morgan fingerprint density at radius 1 is 1.47 bits per heavy atom. The highest BCUT2D eigenvalue weighted by molar-refractivity contribution is 14.1. The first-order valence-electron chi connectivity index (χ1n) is 6.05. The molecule has 1 heterocycles. The smallest absolute Gasteiger partial charge is 0.267 e. The molecule has 0 atom stereocenters. The third-order valence-corrected chi connectivity index (χ3v) is 4.17. The minimum Gasteiger partial charge on any atom is -0.312 e. The number of aromatic nitrogens is 2. The van der Waals surface area contributed by atoms with Crippen molar-refractivity contribution in [2.75, 3.05) is 6.54 Å². The summed E-state index contributed by atoms with van der Waals surface area (Å²) >= 11 is 2.06. The molecule has 0 aromatic carbocycles. The van der Waals surface area contributed by atoms with Crippen LogP contribution in [-0.2, 0) is 6.54 Å². The summed E-state index contributed by atoms with van der Waals surface area (Å²) in [5.74, 6) is 0. The summed E-state index contributed by atoms with van der Waals surface area (Å²) in [6, 6.07) is 0.545. The second-order valence-electron chi connectivity index (χ2n) is 4.11. The highest BCUT2D eigenvalue weighted by atomic mass is 127. The summed E-state index contributed by atoms with van der Waals surface area (Å²) in [6.45, 7) is 7.69. The molecule has 1 rings (SSSR count). The molecule has 4 nitrogen and oxygen atoms in total. The normalized spacial score (nSPS) is 11.1. The first-order valence-corrected chi connectivity index (χ1v) is 7.12. The minimum atomic E-state index is 0.0597. The fraction of sp³-hybridized carbons (Fsp3) is 0.667. The van der Waals surface area contributed by atoms with E-state index in [1.165, 1.54) is 0 Å². The average molecular weight is 349 g/mol. The fourth-order valence-electron chi connectivity index (χ4n) is 1.67. The van der Waals surface area contributed by atoms with Crippen LogP contribution in [0.3, 0.4) is 0 Å². The predicted octanol–water partition coefficient (Wildman–Crippen LogP) is 1.93. The van der Waals surface area contributed by atoms with Gasteiger partial charge in [-0.3, -0.25) is 9.36 Å². The molecule has 1 aromatic heterocycles. The van der Waals surface area contributed by atoms with E-state index in [2.05, 4.69) is 46.7 Å². The van der Waals surface area contributed by atoms with Crippen LogP contribution < -0.4 is 10.9 Å². The van der Waals surface area contributed by atoms with Crippen LogP contribution in [0.1, 0.15) is 32.4 Å². The number of nitrogens with one attached hydrogen (secondary N) is 1. The van der Waals surface area contributed by atoms with Crippen LogP contribution in [0, 0.1) is 10.5 Å². The van der Waals surface area contributed by atoms with Gasteiger partial charge in [0.25, 0.3) is 5.56 Å². The third-order valence-electron chi connectivity index (χ3n) is 2.93. The summed E-state index contributed by atoms with van der Waals surface area (Å²) in [5, 5.41) is 3.44. The van der Waals surface area contributed by atoms with Crippen molar-refractivity contribution in [2.24, 2.45) is 0 Å². The van der Waals surface area contributed by atoms with Crippen LogP contribution in [-0.4, -0.2) is 22.1 Å². The first-order chi connectivity index (χ1) is 8.10. The lowest BCUT2D eigenvalue weighted by atomic mass is 10.2. The Morgan fingerprint density at radius 3 is 2.71 bits per heavy atom. The maximum atomic E-state index is 11.9. The molecular formula is C12H20IN3O. The SMILES string of the molecule is CCC(CC)NCCn1cnc(C)c(I)c1=O. The van der Waals surface area contributed by atoms with E-state index < -0.39 is 0 Å². The summed E-state index contributed by atoms with van der Waals surface area (Å²) in [5.41, 5.74) is 0.865. The van der Waals surface area contributed by atoms with Gasteiger partial charge >= 0.3 is 0 Å². The van der Waals surface area contributed by atoms with E-state index >= 15 is 0 Å². The van der Waals surface area contributed by atoms with Crippen molar-refractivity contribution < 1.29 is 0 Å². The van der Waals surface area contributed by atoms with Crippen molar-refractivity contribution in [1.82, 2.24) is 14.9 Å². The van der Waals surface area contributed by atoms with E-state index in [1.54, 1.807) is 10.9 Å². The number of nitrogens with zero attached hydrogens (tertiary/aromatic N) is 2. The zero-order valence-electron chi connectivity index (χ0n) is 10.7. The van der Waals surface area contributed by atoms with E-state index in [0.717, 1.165) is 25.1 Å². The van der Waals surface area contributed by atoms with E-state index in [4.69, 9.17) is 0 Å². The monoisotopic (exact) mass is 349 g/mol. The molecule has 96 valence electrons. The second kappa shape index (κ2) is 7.10. The van der Waals surface area contributed by atoms with Gasteiger partial charge in [0, 0.05) is 19.1 Å². The Balaban J connectivity index is 2.59. The number of rotatable bonds is 6. The quantitative estimate of drug-likeness (QED) is 0.799. The van der Waals surface area contributed by atoms with E-state index in [1.807, 2.05) is 6.92 Å². The van der Waals surface area contributed by atoms with Gasteiger partial charge < -0.3 is 5.32 Å². The summed E-state index contributed by atoms with van der Waals surface area (Å²) in [4.78, 5) is 16.1. The van der Waals surface area contributed by atoms with E-state index in [9.17, 15) is 4.79 Å². The molecule has 0 aliphatic heterocycles. The minimum absolute atomic E-state index is 0.0597. The fourth-order valence-corrected chi connectivity index (χ4v) is 2.12. The summed E-state index contributed by atoms with van der Waals surface area (Å²) in [7, 11) is 0. The van der Waals surface area contributed by atoms with Crippen molar-refractivity contribution in [2.45, 2.75) is 46.2 Å². The molecule has 0 saturated carbocycles. The van der Waals surface area contributed by atoms with Gasteiger partial charge in [-0.25, -0.2) is 4.98 Å². The topological polar surface area (TPSA) is 46.9 Å². The average Bonchev–Trinajstić information content (AvgIpc) is 2.34. The van der Waals surface area contributed by atoms with Crippen LogP contribution in [0.15, 0.2) is 11.1 Å². The molecule has 1 N–H and O–H groups in total. The largest absolute Gasteiger partial charge is 0.312 e. The number of hydrogen-bond acceptors (Lipinski definition) is 3.